The molecule has 6 heavy (non-hydrogen) atoms. The summed E-state index contributed by atoms with van der Waals surface area (Å²) in [5.41, 5.74) is 0. The molecular formula is C4H8Br2. The molecule has 0 saturated carbocycles. The third kappa shape index (κ3) is 4.96. The Balaban J connectivity index is 5.30. The van der Waals surface area contributed by atoms with Gasteiger partial charge < -0.3 is 0 Å². The molecule has 0 aliphatic rings. The Morgan fingerprint density at radius 2 is 1.50 bits per heavy atom. The summed E-state index contributed by atoms with van der Waals surface area (Å²) in [7, 11) is 0. The van der Waals surface area contributed by atoms with E-state index in [2.05, 4.69) is 31.9 Å². The molecule has 0 aliphatic heterocycles. The molecule has 0 aromatic carbocycles. The minimum atomic E-state index is -3.02. The van der Waals surface area contributed by atoms with E-state index in [0.717, 1.165) is 0 Å². The number of hydrogen-bond donors (Lipinski definition) is 0. The number of hydrogen-bond acceptors (Lipinski definition) is 0. The van der Waals surface area contributed by atoms with Gasteiger partial charge in [-0.3, -0.25) is 0 Å². The summed E-state index contributed by atoms with van der Waals surface area (Å²) in [5, 5.41) is -5.32. The fourth-order valence-electron chi connectivity index (χ4n) is 0.0472. The van der Waals surface area contributed by atoms with Crippen molar-refractivity contribution in [1.82, 2.24) is 0 Å². The molecule has 2 heteroatoms. The lowest BCUT2D eigenvalue weighted by atomic mass is 10.4. The van der Waals surface area contributed by atoms with E-state index in [9.17, 15) is 0 Å². The molecule has 0 aliphatic carbocycles. The Hall–Kier alpha value is 0.960. The lowest BCUT2D eigenvalue weighted by Crippen LogP contribution is -1.73. The van der Waals surface area contributed by atoms with E-state index < -0.39 is 23.3 Å². The SMILES string of the molecule is [2H]C([2H])(Br)C([2H])([2H])C([2H])([2H])C([2H])([2H])Br. The van der Waals surface area contributed by atoms with Crippen LogP contribution in [0.2, 0.25) is 0 Å². The van der Waals surface area contributed by atoms with Crippen LogP contribution in [0.15, 0.2) is 0 Å². The molecule has 0 unspecified atom stereocenters. The van der Waals surface area contributed by atoms with Gasteiger partial charge in [-0.25, -0.2) is 0 Å². The second-order valence-corrected chi connectivity index (χ2v) is 1.23. The van der Waals surface area contributed by atoms with Gasteiger partial charge in [0.2, 0.25) is 0 Å². The van der Waals surface area contributed by atoms with Crippen molar-refractivity contribution < 1.29 is 11.0 Å². The summed E-state index contributed by atoms with van der Waals surface area (Å²) in [5.74, 6) is 0. The highest BCUT2D eigenvalue weighted by Gasteiger charge is 1.77. The van der Waals surface area contributed by atoms with Gasteiger partial charge in [0.05, 0.1) is 0 Å². The van der Waals surface area contributed by atoms with Gasteiger partial charge in [0.1, 0.15) is 0 Å². The van der Waals surface area contributed by atoms with Crippen LogP contribution in [0.25, 0.3) is 0 Å². The molecule has 0 aromatic heterocycles. The third-order valence-corrected chi connectivity index (χ3v) is 0.553. The van der Waals surface area contributed by atoms with Crippen LogP contribution in [0.5, 0.6) is 0 Å². The van der Waals surface area contributed by atoms with Crippen molar-refractivity contribution >= 4 is 31.9 Å². The van der Waals surface area contributed by atoms with Crippen LogP contribution in [-0.4, -0.2) is 10.6 Å². The molecule has 0 heterocycles. The lowest BCUT2D eigenvalue weighted by molar-refractivity contribution is 0.919. The van der Waals surface area contributed by atoms with E-state index in [4.69, 9.17) is 11.0 Å². The van der Waals surface area contributed by atoms with Crippen LogP contribution >= 0.6 is 31.9 Å². The average Bonchev–Trinajstić information content (AvgIpc) is 1.81. The van der Waals surface area contributed by atoms with Crippen LogP contribution in [0.1, 0.15) is 23.7 Å². The first kappa shape index (κ1) is 1.27. The maximum Gasteiger partial charge on any atom is 0.0387 e. The fourth-order valence-corrected chi connectivity index (χ4v) is 0.245. The minimum Gasteiger partial charge on any atom is -0.0928 e. The van der Waals surface area contributed by atoms with Crippen molar-refractivity contribution in [2.24, 2.45) is 0 Å². The summed E-state index contributed by atoms with van der Waals surface area (Å²) < 4.78 is 57.1. The third-order valence-electron chi connectivity index (χ3n) is 0.157. The van der Waals surface area contributed by atoms with Gasteiger partial charge in [-0.2, -0.15) is 0 Å². The van der Waals surface area contributed by atoms with E-state index >= 15 is 0 Å². The maximum absolute atomic E-state index is 7.24. The Labute approximate surface area is 66.8 Å². The molecule has 0 saturated heterocycles. The van der Waals surface area contributed by atoms with Crippen molar-refractivity contribution in [3.8, 4) is 0 Å². The molecule has 0 spiro atoms. The zero-order valence-corrected chi connectivity index (χ0v) is 5.93. The van der Waals surface area contributed by atoms with Gasteiger partial charge >= 0.3 is 0 Å². The highest BCUT2D eigenvalue weighted by atomic mass is 79.9. The predicted molar refractivity (Wildman–Crippen MR) is 36.8 cm³/mol. The van der Waals surface area contributed by atoms with Gasteiger partial charge in [-0.1, -0.05) is 31.9 Å². The second-order valence-electron chi connectivity index (χ2n) is 0.439. The van der Waals surface area contributed by atoms with E-state index in [1.54, 1.807) is 0 Å². The van der Waals surface area contributed by atoms with Gasteiger partial charge in [-0.15, -0.1) is 0 Å². The van der Waals surface area contributed by atoms with Gasteiger partial charge in [-0.05, 0) is 12.7 Å². The van der Waals surface area contributed by atoms with E-state index in [1.807, 2.05) is 0 Å². The fraction of sp³-hybridized carbons (Fsp3) is 1.00. The number of alkyl halides is 2. The van der Waals surface area contributed by atoms with Gasteiger partial charge in [0, 0.05) is 21.5 Å². The van der Waals surface area contributed by atoms with Crippen LogP contribution in [0.3, 0.4) is 0 Å². The van der Waals surface area contributed by atoms with Crippen molar-refractivity contribution in [1.29, 1.82) is 0 Å². The van der Waals surface area contributed by atoms with Crippen molar-refractivity contribution in [2.75, 3.05) is 10.6 Å². The molecule has 0 fully saturated rings. The Morgan fingerprint density at radius 3 is 1.67 bits per heavy atom. The van der Waals surface area contributed by atoms with Gasteiger partial charge in [0.15, 0.2) is 0 Å². The lowest BCUT2D eigenvalue weighted by Gasteiger charge is -1.83. The highest BCUT2D eigenvalue weighted by molar-refractivity contribution is 9.09. The van der Waals surface area contributed by atoms with Gasteiger partial charge in [0.25, 0.3) is 0 Å². The van der Waals surface area contributed by atoms with Crippen LogP contribution < -0.4 is 0 Å². The second kappa shape index (κ2) is 5.96. The molecule has 0 rings (SSSR count). The van der Waals surface area contributed by atoms with E-state index in [0.29, 0.717) is 0 Å². The molecule has 0 N–H and O–H groups in total. The first-order valence-electron chi connectivity index (χ1n) is 5.13. The Bertz CT molecular complexity index is 188. The molecular weight excluding hydrogens is 208 g/mol. The number of rotatable bonds is 3. The quantitative estimate of drug-likeness (QED) is 0.646. The molecule has 38 valence electrons. The van der Waals surface area contributed by atoms with E-state index in [1.165, 1.54) is 0 Å². The topological polar surface area (TPSA) is 0 Å². The Kier molecular flexibility index (Phi) is 1.26. The molecule has 0 radical (unpaired) electrons. The first-order chi connectivity index (χ1) is 5.75. The number of halogens is 2. The summed E-state index contributed by atoms with van der Waals surface area (Å²) in [6, 6.07) is 0. The standard InChI is InChI=1S/C4H8Br2/c5-3-1-2-4-6/h1-4H2/i1D2,2D2,3D2,4D2. The largest absolute Gasteiger partial charge is 0.0928 e. The average molecular weight is 224 g/mol. The highest BCUT2D eigenvalue weighted by Crippen LogP contribution is 1.95. The predicted octanol–water partition coefficient (Wildman–Crippen LogP) is 2.56. The molecule has 0 aromatic rings. The van der Waals surface area contributed by atoms with Crippen molar-refractivity contribution in [3.63, 3.8) is 0 Å². The summed E-state index contributed by atoms with van der Waals surface area (Å²) in [4.78, 5) is 0. The van der Waals surface area contributed by atoms with Crippen LogP contribution in [0, 0.1) is 0 Å². The van der Waals surface area contributed by atoms with Crippen LogP contribution in [0.4, 0.5) is 0 Å². The summed E-state index contributed by atoms with van der Waals surface area (Å²) >= 11 is 4.72. The normalized spacial score (nSPS) is 38.3. The smallest absolute Gasteiger partial charge is 0.0387 e. The van der Waals surface area contributed by atoms with Crippen molar-refractivity contribution in [3.05, 3.63) is 0 Å². The monoisotopic (exact) mass is 222 g/mol. The minimum absolute atomic E-state index is 2.36. The first-order valence-corrected chi connectivity index (χ1v) is 2.71. The molecule has 0 atom stereocenters. The molecule has 0 bridgehead atoms. The summed E-state index contributed by atoms with van der Waals surface area (Å²) in [6.45, 7) is 0. The zero-order valence-electron chi connectivity index (χ0n) is 10.8. The van der Waals surface area contributed by atoms with Crippen LogP contribution in [-0.2, 0) is 0 Å². The van der Waals surface area contributed by atoms with Crippen molar-refractivity contribution in [2.45, 2.75) is 12.7 Å². The van der Waals surface area contributed by atoms with E-state index in [-0.39, 0.29) is 0 Å². The maximum atomic E-state index is 7.24. The Morgan fingerprint density at radius 1 is 1.17 bits per heavy atom. The zero-order chi connectivity index (χ0) is 12.0. The summed E-state index contributed by atoms with van der Waals surface area (Å²) in [6.07, 6.45) is -6.04. The molecule has 0 amide bonds. The molecule has 0 nitrogen and oxygen atoms in total.